The smallest absolute Gasteiger partial charge is 0.382 e. The van der Waals surface area contributed by atoms with Crippen molar-refractivity contribution in [3.63, 3.8) is 0 Å². The van der Waals surface area contributed by atoms with Gasteiger partial charge < -0.3 is 5.11 Å². The van der Waals surface area contributed by atoms with Gasteiger partial charge in [0.1, 0.15) is 5.60 Å². The predicted molar refractivity (Wildman–Crippen MR) is 60.5 cm³/mol. The molecular formula is C10H20F2O4S. The lowest BCUT2D eigenvalue weighted by atomic mass is 9.91. The van der Waals surface area contributed by atoms with Crippen LogP contribution in [0.1, 0.15) is 52.4 Å². The third-order valence-corrected chi connectivity index (χ3v) is 3.78. The molecule has 0 aliphatic rings. The van der Waals surface area contributed by atoms with Crippen LogP contribution in [0.25, 0.3) is 0 Å². The normalized spacial score (nSPS) is 14.0. The molecule has 0 amide bonds. The van der Waals surface area contributed by atoms with Crippen LogP contribution in [-0.2, 0) is 10.1 Å². The van der Waals surface area contributed by atoms with Crippen LogP contribution in [-0.4, -0.2) is 28.9 Å². The van der Waals surface area contributed by atoms with Gasteiger partial charge in [0.15, 0.2) is 0 Å². The third-order valence-electron chi connectivity index (χ3n) is 2.75. The van der Waals surface area contributed by atoms with Crippen LogP contribution >= 0.6 is 0 Å². The second-order valence-corrected chi connectivity index (χ2v) is 5.69. The molecule has 17 heavy (non-hydrogen) atoms. The van der Waals surface area contributed by atoms with E-state index in [2.05, 4.69) is 0 Å². The molecular weight excluding hydrogens is 254 g/mol. The van der Waals surface area contributed by atoms with Gasteiger partial charge in [0.2, 0.25) is 0 Å². The van der Waals surface area contributed by atoms with E-state index in [0.29, 0.717) is 12.8 Å². The molecule has 0 atom stereocenters. The molecule has 2 N–H and O–H groups in total. The molecule has 4 nitrogen and oxygen atoms in total. The summed E-state index contributed by atoms with van der Waals surface area (Å²) in [5.74, 6) is 0. The molecule has 0 rings (SSSR count). The fraction of sp³-hybridized carbons (Fsp3) is 1.00. The van der Waals surface area contributed by atoms with E-state index in [1.165, 1.54) is 0 Å². The molecule has 0 radical (unpaired) electrons. The van der Waals surface area contributed by atoms with Crippen LogP contribution in [0.3, 0.4) is 0 Å². The first-order valence-corrected chi connectivity index (χ1v) is 7.13. The summed E-state index contributed by atoms with van der Waals surface area (Å²) in [5, 5.41) is 5.32. The van der Waals surface area contributed by atoms with E-state index in [1.807, 2.05) is 0 Å². The molecule has 0 fully saturated rings. The van der Waals surface area contributed by atoms with Crippen molar-refractivity contribution in [3.05, 3.63) is 0 Å². The second-order valence-electron chi connectivity index (χ2n) is 4.23. The van der Waals surface area contributed by atoms with Crippen LogP contribution in [0, 0.1) is 0 Å². The molecule has 7 heteroatoms. The zero-order chi connectivity index (χ0) is 13.7. The SMILES string of the molecule is CCCCC(O)(CCCC)C(F)(F)S(=O)(=O)O. The van der Waals surface area contributed by atoms with Crippen molar-refractivity contribution in [2.45, 2.75) is 63.2 Å². The Kier molecular flexibility index (Phi) is 5.96. The molecule has 0 aromatic heterocycles. The summed E-state index contributed by atoms with van der Waals surface area (Å²) in [7, 11) is -5.60. The maximum absolute atomic E-state index is 13.5. The number of alkyl halides is 2. The van der Waals surface area contributed by atoms with Gasteiger partial charge in [0.25, 0.3) is 0 Å². The summed E-state index contributed by atoms with van der Waals surface area (Å²) in [6.45, 7) is 3.48. The highest BCUT2D eigenvalue weighted by molar-refractivity contribution is 7.87. The first-order chi connectivity index (χ1) is 7.62. The average Bonchev–Trinajstić information content (AvgIpc) is 2.21. The van der Waals surface area contributed by atoms with Gasteiger partial charge >= 0.3 is 15.4 Å². The number of unbranched alkanes of at least 4 members (excludes halogenated alkanes) is 2. The van der Waals surface area contributed by atoms with Crippen molar-refractivity contribution in [1.82, 2.24) is 0 Å². The van der Waals surface area contributed by atoms with E-state index in [-0.39, 0.29) is 25.7 Å². The Morgan fingerprint density at radius 3 is 1.65 bits per heavy atom. The van der Waals surface area contributed by atoms with Crippen molar-refractivity contribution >= 4 is 10.1 Å². The van der Waals surface area contributed by atoms with Crippen LogP contribution in [0.4, 0.5) is 8.78 Å². The molecule has 0 aliphatic heterocycles. The highest BCUT2D eigenvalue weighted by Crippen LogP contribution is 2.40. The van der Waals surface area contributed by atoms with Gasteiger partial charge in [-0.15, -0.1) is 0 Å². The number of halogens is 2. The monoisotopic (exact) mass is 274 g/mol. The Morgan fingerprint density at radius 1 is 1.06 bits per heavy atom. The minimum Gasteiger partial charge on any atom is -0.382 e. The summed E-state index contributed by atoms with van der Waals surface area (Å²) in [6, 6.07) is 0. The molecule has 0 aromatic carbocycles. The quantitative estimate of drug-likeness (QED) is 0.667. The first kappa shape index (κ1) is 16.7. The van der Waals surface area contributed by atoms with E-state index in [1.54, 1.807) is 13.8 Å². The van der Waals surface area contributed by atoms with E-state index >= 15 is 0 Å². The Morgan fingerprint density at radius 2 is 1.41 bits per heavy atom. The molecule has 0 saturated carbocycles. The van der Waals surface area contributed by atoms with Crippen molar-refractivity contribution < 1.29 is 26.9 Å². The Bertz CT molecular complexity index is 319. The topological polar surface area (TPSA) is 74.6 Å². The maximum atomic E-state index is 13.5. The molecule has 0 saturated heterocycles. The average molecular weight is 274 g/mol. The predicted octanol–water partition coefficient (Wildman–Crippen LogP) is 2.58. The summed E-state index contributed by atoms with van der Waals surface area (Å²) >= 11 is 0. The molecule has 104 valence electrons. The van der Waals surface area contributed by atoms with Gasteiger partial charge in [-0.3, -0.25) is 4.55 Å². The third kappa shape index (κ3) is 3.86. The van der Waals surface area contributed by atoms with E-state index in [0.717, 1.165) is 0 Å². The molecule has 0 aliphatic carbocycles. The van der Waals surface area contributed by atoms with Gasteiger partial charge in [-0.2, -0.15) is 17.2 Å². The Labute approximate surface area is 101 Å². The van der Waals surface area contributed by atoms with Gasteiger partial charge in [-0.05, 0) is 12.8 Å². The molecule has 0 bridgehead atoms. The fourth-order valence-electron chi connectivity index (χ4n) is 1.59. The minimum atomic E-state index is -5.60. The van der Waals surface area contributed by atoms with E-state index in [9.17, 15) is 22.3 Å². The second kappa shape index (κ2) is 6.06. The maximum Gasteiger partial charge on any atom is 0.397 e. The number of hydrogen-bond acceptors (Lipinski definition) is 3. The van der Waals surface area contributed by atoms with Gasteiger partial charge in [0, 0.05) is 0 Å². The number of aliphatic hydroxyl groups is 1. The number of hydrogen-bond donors (Lipinski definition) is 2. The van der Waals surface area contributed by atoms with Crippen molar-refractivity contribution in [3.8, 4) is 0 Å². The van der Waals surface area contributed by atoms with E-state index < -0.39 is 21.0 Å². The zero-order valence-corrected chi connectivity index (χ0v) is 10.9. The lowest BCUT2D eigenvalue weighted by molar-refractivity contribution is -0.140. The Hall–Kier alpha value is -0.270. The van der Waals surface area contributed by atoms with Crippen molar-refractivity contribution in [1.29, 1.82) is 0 Å². The minimum absolute atomic E-state index is 0.269. The number of rotatable bonds is 8. The van der Waals surface area contributed by atoms with Crippen LogP contribution in [0.2, 0.25) is 0 Å². The largest absolute Gasteiger partial charge is 0.397 e. The summed E-state index contributed by atoms with van der Waals surface area (Å²) in [5.41, 5.74) is -2.69. The first-order valence-electron chi connectivity index (χ1n) is 5.69. The molecule has 0 aromatic rings. The lowest BCUT2D eigenvalue weighted by Gasteiger charge is -2.33. The van der Waals surface area contributed by atoms with Crippen LogP contribution in [0.15, 0.2) is 0 Å². The summed E-state index contributed by atoms with van der Waals surface area (Å²) in [6.07, 6.45) is 0.940. The highest BCUT2D eigenvalue weighted by Gasteiger charge is 2.60. The summed E-state index contributed by atoms with van der Waals surface area (Å²) in [4.78, 5) is 0. The van der Waals surface area contributed by atoms with E-state index in [4.69, 9.17) is 4.55 Å². The summed E-state index contributed by atoms with van der Waals surface area (Å²) < 4.78 is 57.0. The molecule has 0 unspecified atom stereocenters. The van der Waals surface area contributed by atoms with Gasteiger partial charge in [-0.1, -0.05) is 39.5 Å². The van der Waals surface area contributed by atoms with Crippen molar-refractivity contribution in [2.75, 3.05) is 0 Å². The molecule has 0 heterocycles. The van der Waals surface area contributed by atoms with Crippen LogP contribution < -0.4 is 0 Å². The van der Waals surface area contributed by atoms with Gasteiger partial charge in [0.05, 0.1) is 0 Å². The van der Waals surface area contributed by atoms with Crippen LogP contribution in [0.5, 0.6) is 0 Å². The fourth-order valence-corrected chi connectivity index (χ4v) is 2.28. The zero-order valence-electron chi connectivity index (χ0n) is 10.1. The highest BCUT2D eigenvalue weighted by atomic mass is 32.2. The standard InChI is InChI=1S/C10H20F2O4S/c1-3-5-7-9(13,8-6-4-2)10(11,12)17(14,15)16/h13H,3-8H2,1-2H3,(H,14,15,16). The lowest BCUT2D eigenvalue weighted by Crippen LogP contribution is -2.52. The van der Waals surface area contributed by atoms with Gasteiger partial charge in [-0.25, -0.2) is 0 Å². The van der Waals surface area contributed by atoms with Crippen molar-refractivity contribution in [2.24, 2.45) is 0 Å². The molecule has 0 spiro atoms. The Balaban J connectivity index is 5.15.